The van der Waals surface area contributed by atoms with Crippen molar-refractivity contribution in [3.05, 3.63) is 53.3 Å². The molecule has 1 aliphatic carbocycles. The summed E-state index contributed by atoms with van der Waals surface area (Å²) in [7, 11) is 0. The molecule has 0 radical (unpaired) electrons. The van der Waals surface area contributed by atoms with E-state index in [1.165, 1.54) is 44.9 Å². The summed E-state index contributed by atoms with van der Waals surface area (Å²) in [6.45, 7) is 11.7. The van der Waals surface area contributed by atoms with Gasteiger partial charge in [0, 0.05) is 87.6 Å². The van der Waals surface area contributed by atoms with Crippen molar-refractivity contribution in [2.45, 2.75) is 116 Å². The van der Waals surface area contributed by atoms with Crippen molar-refractivity contribution in [3.8, 4) is 11.1 Å². The number of hydrogen-bond donors (Lipinski definition) is 1. The van der Waals surface area contributed by atoms with Gasteiger partial charge in [0.15, 0.2) is 0 Å². The summed E-state index contributed by atoms with van der Waals surface area (Å²) in [6.07, 6.45) is 12.4. The Bertz CT molecular complexity index is 1490. The molecule has 4 aliphatic rings. The minimum absolute atomic E-state index is 0.0624. The van der Waals surface area contributed by atoms with Gasteiger partial charge in [-0.05, 0) is 74.6 Å². The van der Waals surface area contributed by atoms with E-state index in [9.17, 15) is 22.8 Å². The van der Waals surface area contributed by atoms with Gasteiger partial charge in [-0.2, -0.15) is 13.2 Å². The Morgan fingerprint density at radius 1 is 0.981 bits per heavy atom. The summed E-state index contributed by atoms with van der Waals surface area (Å²) in [5.41, 5.74) is 4.77. The van der Waals surface area contributed by atoms with Gasteiger partial charge in [-0.1, -0.05) is 57.2 Å². The quantitative estimate of drug-likeness (QED) is 0.292. The molecular weight excluding hydrogens is 673 g/mol. The van der Waals surface area contributed by atoms with Crippen LogP contribution >= 0.6 is 0 Å². The first-order valence-electron chi connectivity index (χ1n) is 19.1. The second-order valence-corrected chi connectivity index (χ2v) is 15.3. The predicted octanol–water partition coefficient (Wildman–Crippen LogP) is 8.28. The largest absolute Gasteiger partial charge is 0.490 e. The highest BCUT2D eigenvalue weighted by molar-refractivity contribution is 5.98. The lowest BCUT2D eigenvalue weighted by atomic mass is 9.75. The molecule has 52 heavy (non-hydrogen) atoms. The predicted molar refractivity (Wildman–Crippen MR) is 193 cm³/mol. The molecule has 3 saturated heterocycles. The lowest BCUT2D eigenvalue weighted by molar-refractivity contribution is -0.192. The molecule has 4 heterocycles. The highest BCUT2D eigenvalue weighted by atomic mass is 19.4. The number of likely N-dealkylation sites (tertiary alicyclic amines) is 2. The molecule has 1 spiro atoms. The van der Waals surface area contributed by atoms with Crippen LogP contribution in [0.15, 0.2) is 36.7 Å². The van der Waals surface area contributed by atoms with Crippen molar-refractivity contribution in [1.82, 2.24) is 19.7 Å². The summed E-state index contributed by atoms with van der Waals surface area (Å²) in [5, 5.41) is 7.12. The second kappa shape index (κ2) is 17.4. The number of ether oxygens (including phenoxy) is 1. The van der Waals surface area contributed by atoms with Crippen LogP contribution in [0.1, 0.15) is 105 Å². The van der Waals surface area contributed by atoms with Gasteiger partial charge in [0.05, 0.1) is 0 Å². The molecule has 1 unspecified atom stereocenters. The molecular formula is C40H55F3N4O5. The number of hydrogen-bond acceptors (Lipinski definition) is 6. The monoisotopic (exact) mass is 728 g/mol. The van der Waals surface area contributed by atoms with Gasteiger partial charge in [0.25, 0.3) is 5.91 Å². The number of piperidine rings is 2. The molecule has 3 aliphatic heterocycles. The average Bonchev–Trinajstić information content (AvgIpc) is 3.13. The van der Waals surface area contributed by atoms with E-state index in [0.29, 0.717) is 17.9 Å². The third kappa shape index (κ3) is 9.65. The van der Waals surface area contributed by atoms with E-state index in [0.717, 1.165) is 99.2 Å². The van der Waals surface area contributed by atoms with E-state index >= 15 is 0 Å². The number of halogens is 3. The van der Waals surface area contributed by atoms with Crippen molar-refractivity contribution in [2.75, 3.05) is 39.3 Å². The third-order valence-corrected chi connectivity index (χ3v) is 11.7. The molecule has 2 aromatic rings. The third-order valence-electron chi connectivity index (χ3n) is 11.7. The number of alkyl halides is 3. The van der Waals surface area contributed by atoms with Crippen LogP contribution in [0, 0.1) is 25.7 Å². The number of carboxylic acids is 1. The maximum atomic E-state index is 13.7. The van der Waals surface area contributed by atoms with Gasteiger partial charge in [-0.15, -0.1) is 0 Å². The maximum Gasteiger partial charge on any atom is 0.490 e. The number of rotatable bonds is 8. The number of pyridine rings is 1. The standard InChI is InChI=1S/C38H54N4O3.C2HF3O2/c1-4-5-13-33-27-42(26-30-10-7-6-8-11-30)37(44)45-38(33)16-21-40(22-17-38)34-14-19-41(20-15-34)36(43)35-28(2)23-32(24-29(35)3)31-12-9-18-39-25-31;3-2(4,5)1(6)7/h9,12,18,23-25,30,33-34H,4-8,10-11,13-17,19-22,26-27H2,1-3H3;(H,6,7). The van der Waals surface area contributed by atoms with E-state index in [2.05, 4.69) is 58.7 Å². The van der Waals surface area contributed by atoms with Gasteiger partial charge in [0.1, 0.15) is 5.60 Å². The van der Waals surface area contributed by atoms with Crippen molar-refractivity contribution >= 4 is 18.0 Å². The minimum Gasteiger partial charge on any atom is -0.475 e. The Morgan fingerprint density at radius 2 is 1.62 bits per heavy atom. The normalized spacial score (nSPS) is 21.7. The molecule has 9 nitrogen and oxygen atoms in total. The van der Waals surface area contributed by atoms with Gasteiger partial charge >= 0.3 is 18.2 Å². The van der Waals surface area contributed by atoms with Gasteiger partial charge in [-0.3, -0.25) is 14.7 Å². The number of aryl methyl sites for hydroxylation is 2. The highest BCUT2D eigenvalue weighted by Gasteiger charge is 2.50. The summed E-state index contributed by atoms with van der Waals surface area (Å²) in [5.74, 6) is -1.53. The summed E-state index contributed by atoms with van der Waals surface area (Å²) < 4.78 is 38.2. The first kappa shape index (κ1) is 39.5. The van der Waals surface area contributed by atoms with E-state index in [4.69, 9.17) is 14.6 Å². The molecule has 1 aromatic carbocycles. The topological polar surface area (TPSA) is 103 Å². The van der Waals surface area contributed by atoms with Crippen molar-refractivity contribution in [1.29, 1.82) is 0 Å². The Kier molecular flexibility index (Phi) is 13.3. The van der Waals surface area contributed by atoms with E-state index < -0.39 is 12.1 Å². The Hall–Kier alpha value is -3.67. The highest BCUT2D eigenvalue weighted by Crippen LogP contribution is 2.42. The lowest BCUT2D eigenvalue weighted by Gasteiger charge is -2.52. The molecule has 1 N–H and O–H groups in total. The molecule has 2 amide bonds. The average molecular weight is 729 g/mol. The number of aromatic nitrogens is 1. The minimum atomic E-state index is -5.08. The summed E-state index contributed by atoms with van der Waals surface area (Å²) in [4.78, 5) is 47.0. The number of aliphatic carboxylic acids is 1. The van der Waals surface area contributed by atoms with Crippen LogP contribution in [0.5, 0.6) is 0 Å². The number of carbonyl (C=O) groups is 3. The summed E-state index contributed by atoms with van der Waals surface area (Å²) >= 11 is 0. The fraction of sp³-hybridized carbons (Fsp3) is 0.650. The van der Waals surface area contributed by atoms with Crippen LogP contribution in [0.25, 0.3) is 11.1 Å². The molecule has 1 aromatic heterocycles. The molecule has 4 fully saturated rings. The Morgan fingerprint density at radius 3 is 2.17 bits per heavy atom. The van der Waals surface area contributed by atoms with Crippen LogP contribution in [0.4, 0.5) is 18.0 Å². The molecule has 286 valence electrons. The van der Waals surface area contributed by atoms with E-state index in [1.807, 2.05) is 12.3 Å². The number of nitrogens with zero attached hydrogens (tertiary/aromatic N) is 4. The molecule has 12 heteroatoms. The maximum absolute atomic E-state index is 13.7. The van der Waals surface area contributed by atoms with Crippen molar-refractivity contribution in [3.63, 3.8) is 0 Å². The van der Waals surface area contributed by atoms with Crippen LogP contribution in [0.3, 0.4) is 0 Å². The number of benzene rings is 1. The van der Waals surface area contributed by atoms with Crippen LogP contribution < -0.4 is 0 Å². The number of carboxylic acid groups (broad SMARTS) is 1. The zero-order valence-corrected chi connectivity index (χ0v) is 30.9. The Balaban J connectivity index is 0.000000679. The second-order valence-electron chi connectivity index (χ2n) is 15.3. The smallest absolute Gasteiger partial charge is 0.475 e. The van der Waals surface area contributed by atoms with E-state index in [1.54, 1.807) is 6.20 Å². The van der Waals surface area contributed by atoms with E-state index in [-0.39, 0.29) is 17.6 Å². The van der Waals surface area contributed by atoms with Crippen molar-refractivity contribution < 1.29 is 37.4 Å². The zero-order valence-electron chi connectivity index (χ0n) is 30.9. The molecule has 1 saturated carbocycles. The van der Waals surface area contributed by atoms with Crippen LogP contribution in [-0.4, -0.2) is 99.8 Å². The summed E-state index contributed by atoms with van der Waals surface area (Å²) in [6, 6.07) is 8.73. The number of unbranched alkanes of at least 4 members (excludes halogenated alkanes) is 1. The van der Waals surface area contributed by atoms with Gasteiger partial charge < -0.3 is 19.6 Å². The Labute approximate surface area is 305 Å². The lowest BCUT2D eigenvalue weighted by Crippen LogP contribution is -2.61. The fourth-order valence-electron chi connectivity index (χ4n) is 8.84. The molecule has 0 bridgehead atoms. The molecule has 1 atom stereocenters. The number of carbonyl (C=O) groups excluding carboxylic acids is 2. The SMILES string of the molecule is CCCCC1CN(CC2CCCCC2)C(=O)OC12CCN(C1CCN(C(=O)c3c(C)cc(-c4cccnc4)cc3C)CC1)CC2.O=C(O)C(F)(F)F. The van der Waals surface area contributed by atoms with Crippen molar-refractivity contribution in [2.24, 2.45) is 11.8 Å². The van der Waals surface area contributed by atoms with Gasteiger partial charge in [0.2, 0.25) is 0 Å². The first-order chi connectivity index (χ1) is 24.8. The van der Waals surface area contributed by atoms with Gasteiger partial charge in [-0.25, -0.2) is 9.59 Å². The number of amides is 2. The zero-order chi connectivity index (χ0) is 37.5. The fourth-order valence-corrected chi connectivity index (χ4v) is 8.84. The van der Waals surface area contributed by atoms with Crippen LogP contribution in [0.2, 0.25) is 0 Å². The molecule has 6 rings (SSSR count). The first-order valence-corrected chi connectivity index (χ1v) is 19.1. The van der Waals surface area contributed by atoms with Crippen LogP contribution in [-0.2, 0) is 9.53 Å².